The van der Waals surface area contributed by atoms with Gasteiger partial charge in [0.05, 0.1) is 12.7 Å². The number of carbonyl (C=O) groups excluding carboxylic acids is 1. The SMILES string of the molecule is O=C(COCC1CCCO1)Nc1ncn[nH]1. The Hall–Kier alpha value is -1.47. The minimum absolute atomic E-state index is 0.000556. The fourth-order valence-electron chi connectivity index (χ4n) is 1.49. The van der Waals surface area contributed by atoms with Crippen LogP contribution >= 0.6 is 0 Å². The third-order valence-corrected chi connectivity index (χ3v) is 2.23. The van der Waals surface area contributed by atoms with Crippen LogP contribution in [0.25, 0.3) is 0 Å². The summed E-state index contributed by atoms with van der Waals surface area (Å²) in [5.41, 5.74) is 0. The van der Waals surface area contributed by atoms with Crippen LogP contribution < -0.4 is 5.32 Å². The third kappa shape index (κ3) is 3.28. The molecule has 16 heavy (non-hydrogen) atoms. The molecule has 1 aromatic rings. The molecule has 2 rings (SSSR count). The Bertz CT molecular complexity index is 322. The molecule has 0 aromatic carbocycles. The lowest BCUT2D eigenvalue weighted by Crippen LogP contribution is -2.22. The molecule has 88 valence electrons. The molecule has 1 fully saturated rings. The van der Waals surface area contributed by atoms with E-state index in [9.17, 15) is 4.79 Å². The highest BCUT2D eigenvalue weighted by Crippen LogP contribution is 2.11. The molecule has 1 aromatic heterocycles. The average molecular weight is 226 g/mol. The van der Waals surface area contributed by atoms with E-state index >= 15 is 0 Å². The van der Waals surface area contributed by atoms with Gasteiger partial charge < -0.3 is 9.47 Å². The first-order valence-corrected chi connectivity index (χ1v) is 5.19. The Kier molecular flexibility index (Phi) is 3.84. The Morgan fingerprint density at radius 2 is 2.69 bits per heavy atom. The number of carbonyl (C=O) groups is 1. The second-order valence-electron chi connectivity index (χ2n) is 3.53. The lowest BCUT2D eigenvalue weighted by Gasteiger charge is -2.09. The number of hydrogen-bond donors (Lipinski definition) is 2. The predicted octanol–water partition coefficient (Wildman–Crippen LogP) is -0.0612. The van der Waals surface area contributed by atoms with E-state index in [-0.39, 0.29) is 18.6 Å². The number of ether oxygens (including phenoxy) is 2. The van der Waals surface area contributed by atoms with Crippen molar-refractivity contribution in [3.8, 4) is 0 Å². The summed E-state index contributed by atoms with van der Waals surface area (Å²) in [4.78, 5) is 15.1. The van der Waals surface area contributed by atoms with E-state index in [4.69, 9.17) is 9.47 Å². The highest BCUT2D eigenvalue weighted by atomic mass is 16.5. The summed E-state index contributed by atoms with van der Waals surface area (Å²) in [6.07, 6.45) is 3.53. The summed E-state index contributed by atoms with van der Waals surface area (Å²) in [6.45, 7) is 1.25. The predicted molar refractivity (Wildman–Crippen MR) is 54.8 cm³/mol. The average Bonchev–Trinajstić information content (AvgIpc) is 2.90. The second-order valence-corrected chi connectivity index (χ2v) is 3.53. The van der Waals surface area contributed by atoms with Gasteiger partial charge in [-0.2, -0.15) is 10.1 Å². The van der Waals surface area contributed by atoms with E-state index in [0.717, 1.165) is 19.4 Å². The molecule has 2 heterocycles. The molecule has 0 saturated carbocycles. The van der Waals surface area contributed by atoms with Crippen molar-refractivity contribution in [1.82, 2.24) is 15.2 Å². The summed E-state index contributed by atoms with van der Waals surface area (Å²) in [6, 6.07) is 0. The quantitative estimate of drug-likeness (QED) is 0.734. The van der Waals surface area contributed by atoms with E-state index in [1.807, 2.05) is 0 Å². The maximum atomic E-state index is 11.3. The molecule has 1 aliphatic heterocycles. The molecule has 0 spiro atoms. The van der Waals surface area contributed by atoms with Gasteiger partial charge in [-0.3, -0.25) is 10.1 Å². The number of amides is 1. The Morgan fingerprint density at radius 1 is 1.75 bits per heavy atom. The first-order chi connectivity index (χ1) is 7.84. The zero-order chi connectivity index (χ0) is 11.2. The summed E-state index contributed by atoms with van der Waals surface area (Å²) in [5.74, 6) is 0.0699. The fourth-order valence-corrected chi connectivity index (χ4v) is 1.49. The zero-order valence-electron chi connectivity index (χ0n) is 8.81. The van der Waals surface area contributed by atoms with Crippen LogP contribution in [-0.2, 0) is 14.3 Å². The summed E-state index contributed by atoms with van der Waals surface area (Å²) in [5, 5.41) is 8.65. The van der Waals surface area contributed by atoms with Gasteiger partial charge in [-0.05, 0) is 12.8 Å². The van der Waals surface area contributed by atoms with E-state index in [2.05, 4.69) is 20.5 Å². The van der Waals surface area contributed by atoms with Gasteiger partial charge in [-0.15, -0.1) is 0 Å². The van der Waals surface area contributed by atoms with Crippen LogP contribution in [0.3, 0.4) is 0 Å². The molecule has 1 saturated heterocycles. The molecule has 0 aliphatic carbocycles. The molecule has 7 heteroatoms. The maximum Gasteiger partial charge on any atom is 0.252 e. The van der Waals surface area contributed by atoms with Gasteiger partial charge in [0.2, 0.25) is 5.95 Å². The second kappa shape index (κ2) is 5.57. The number of nitrogens with zero attached hydrogens (tertiary/aromatic N) is 2. The molecule has 1 amide bonds. The minimum Gasteiger partial charge on any atom is -0.376 e. The molecule has 1 aliphatic rings. The van der Waals surface area contributed by atoms with Gasteiger partial charge in [0.15, 0.2) is 0 Å². The molecular weight excluding hydrogens is 212 g/mol. The maximum absolute atomic E-state index is 11.3. The van der Waals surface area contributed by atoms with Crippen LogP contribution in [-0.4, -0.2) is 47.0 Å². The molecule has 1 unspecified atom stereocenters. The number of rotatable bonds is 5. The van der Waals surface area contributed by atoms with Crippen molar-refractivity contribution >= 4 is 11.9 Å². The van der Waals surface area contributed by atoms with Crippen molar-refractivity contribution < 1.29 is 14.3 Å². The van der Waals surface area contributed by atoms with Gasteiger partial charge in [-0.25, -0.2) is 5.10 Å². The van der Waals surface area contributed by atoms with Gasteiger partial charge in [0.1, 0.15) is 12.9 Å². The van der Waals surface area contributed by atoms with Crippen molar-refractivity contribution in [3.05, 3.63) is 6.33 Å². The van der Waals surface area contributed by atoms with Gasteiger partial charge in [0.25, 0.3) is 5.91 Å². The number of hydrogen-bond acceptors (Lipinski definition) is 5. The van der Waals surface area contributed by atoms with E-state index in [1.165, 1.54) is 6.33 Å². The standard InChI is InChI=1S/C9H14N4O3/c14-8(12-9-10-6-11-13-9)5-15-4-7-2-1-3-16-7/h6-7H,1-5H2,(H2,10,11,12,13,14). The van der Waals surface area contributed by atoms with Crippen LogP contribution in [0.2, 0.25) is 0 Å². The number of nitrogens with one attached hydrogen (secondary N) is 2. The van der Waals surface area contributed by atoms with E-state index in [1.54, 1.807) is 0 Å². The van der Waals surface area contributed by atoms with Crippen LogP contribution in [0, 0.1) is 0 Å². The molecule has 2 N–H and O–H groups in total. The van der Waals surface area contributed by atoms with Crippen molar-refractivity contribution in [1.29, 1.82) is 0 Å². The Morgan fingerprint density at radius 3 is 3.38 bits per heavy atom. The lowest BCUT2D eigenvalue weighted by molar-refractivity contribution is -0.121. The first kappa shape index (κ1) is 11.0. The van der Waals surface area contributed by atoms with E-state index < -0.39 is 0 Å². The highest BCUT2D eigenvalue weighted by Gasteiger charge is 2.16. The number of H-pyrrole nitrogens is 1. The molecule has 0 bridgehead atoms. The minimum atomic E-state index is -0.255. The fraction of sp³-hybridized carbons (Fsp3) is 0.667. The molecule has 1 atom stereocenters. The van der Waals surface area contributed by atoms with Crippen molar-refractivity contribution in [2.75, 3.05) is 25.1 Å². The summed E-state index contributed by atoms with van der Waals surface area (Å²) < 4.78 is 10.6. The normalized spacial score (nSPS) is 19.9. The van der Waals surface area contributed by atoms with Gasteiger partial charge in [-0.1, -0.05) is 0 Å². The van der Waals surface area contributed by atoms with Crippen LogP contribution in [0.15, 0.2) is 6.33 Å². The summed E-state index contributed by atoms with van der Waals surface area (Å²) in [7, 11) is 0. The lowest BCUT2D eigenvalue weighted by atomic mass is 10.2. The third-order valence-electron chi connectivity index (χ3n) is 2.23. The van der Waals surface area contributed by atoms with Crippen molar-refractivity contribution in [2.45, 2.75) is 18.9 Å². The monoisotopic (exact) mass is 226 g/mol. The number of aromatic nitrogens is 3. The topological polar surface area (TPSA) is 89.1 Å². The molecule has 7 nitrogen and oxygen atoms in total. The Labute approximate surface area is 92.5 Å². The largest absolute Gasteiger partial charge is 0.376 e. The van der Waals surface area contributed by atoms with Crippen molar-refractivity contribution in [2.24, 2.45) is 0 Å². The zero-order valence-corrected chi connectivity index (χ0v) is 8.81. The van der Waals surface area contributed by atoms with Crippen LogP contribution in [0.4, 0.5) is 5.95 Å². The first-order valence-electron chi connectivity index (χ1n) is 5.19. The van der Waals surface area contributed by atoms with Crippen LogP contribution in [0.1, 0.15) is 12.8 Å². The van der Waals surface area contributed by atoms with Gasteiger partial charge in [0, 0.05) is 6.61 Å². The molecular formula is C9H14N4O3. The van der Waals surface area contributed by atoms with Crippen molar-refractivity contribution in [3.63, 3.8) is 0 Å². The summed E-state index contributed by atoms with van der Waals surface area (Å²) >= 11 is 0. The smallest absolute Gasteiger partial charge is 0.252 e. The van der Waals surface area contributed by atoms with E-state index in [0.29, 0.717) is 12.6 Å². The van der Waals surface area contributed by atoms with Gasteiger partial charge >= 0.3 is 0 Å². The van der Waals surface area contributed by atoms with Crippen LogP contribution in [0.5, 0.6) is 0 Å². The number of aromatic amines is 1. The highest BCUT2D eigenvalue weighted by molar-refractivity contribution is 5.89. The molecule has 0 radical (unpaired) electrons. The number of anilines is 1. The Balaban J connectivity index is 1.60.